The molecule has 3 aromatic rings. The lowest BCUT2D eigenvalue weighted by Crippen LogP contribution is -2.37. The van der Waals surface area contributed by atoms with Crippen LogP contribution in [-0.4, -0.2) is 40.0 Å². The van der Waals surface area contributed by atoms with E-state index in [1.165, 1.54) is 35.4 Å². The van der Waals surface area contributed by atoms with Gasteiger partial charge in [0.25, 0.3) is 5.91 Å². The Morgan fingerprint density at radius 3 is 2.75 bits per heavy atom. The van der Waals surface area contributed by atoms with Crippen molar-refractivity contribution >= 4 is 28.7 Å². The maximum atomic E-state index is 13.1. The van der Waals surface area contributed by atoms with Crippen LogP contribution in [0.25, 0.3) is 11.1 Å². The third kappa shape index (κ3) is 3.05. The first kappa shape index (κ1) is 17.9. The van der Waals surface area contributed by atoms with E-state index in [4.69, 9.17) is 10.2 Å². The summed E-state index contributed by atoms with van der Waals surface area (Å²) in [4.78, 5) is 29.8. The van der Waals surface area contributed by atoms with Gasteiger partial charge < -0.3 is 25.5 Å². The molecule has 8 nitrogen and oxygen atoms in total. The summed E-state index contributed by atoms with van der Waals surface area (Å²) in [5.74, 6) is -1.44. The van der Waals surface area contributed by atoms with Crippen LogP contribution in [0.15, 0.2) is 47.0 Å². The Kier molecular flexibility index (Phi) is 4.23. The van der Waals surface area contributed by atoms with Crippen LogP contribution >= 0.6 is 0 Å². The van der Waals surface area contributed by atoms with Crippen LogP contribution < -0.4 is 11.1 Å². The predicted octanol–water partition coefficient (Wildman–Crippen LogP) is 2.19. The second-order valence-electron chi connectivity index (χ2n) is 6.67. The Bertz CT molecular complexity index is 1070. The van der Waals surface area contributed by atoms with Crippen LogP contribution in [0.4, 0.5) is 14.9 Å². The second kappa shape index (κ2) is 6.61. The number of aliphatic hydroxyl groups is 1. The summed E-state index contributed by atoms with van der Waals surface area (Å²) in [5, 5.41) is 13.9. The average molecular weight is 384 g/mol. The molecule has 0 bridgehead atoms. The van der Waals surface area contributed by atoms with Gasteiger partial charge in [-0.1, -0.05) is 12.1 Å². The van der Waals surface area contributed by atoms with Gasteiger partial charge in [0.05, 0.1) is 11.9 Å². The molecule has 0 aliphatic carbocycles. The monoisotopic (exact) mass is 384 g/mol. The topological polar surface area (TPSA) is 122 Å². The van der Waals surface area contributed by atoms with Crippen molar-refractivity contribution in [1.82, 2.24) is 9.88 Å². The third-order valence-corrected chi connectivity index (χ3v) is 4.84. The van der Waals surface area contributed by atoms with Crippen LogP contribution in [0.5, 0.6) is 0 Å². The minimum absolute atomic E-state index is 0.0183. The molecule has 1 aliphatic rings. The average Bonchev–Trinajstić information content (AvgIpc) is 3.25. The van der Waals surface area contributed by atoms with Gasteiger partial charge in [0.15, 0.2) is 0 Å². The first-order valence-corrected chi connectivity index (χ1v) is 8.59. The SMILES string of the molecule is NC(=O)c1oc2ncccc2c1NC(=O)N1CCC(O)(c2ccc(F)cc2)C1. The summed E-state index contributed by atoms with van der Waals surface area (Å²) in [5.41, 5.74) is 4.90. The van der Waals surface area contributed by atoms with Crippen molar-refractivity contribution in [3.8, 4) is 0 Å². The third-order valence-electron chi connectivity index (χ3n) is 4.84. The van der Waals surface area contributed by atoms with Crippen LogP contribution in [0, 0.1) is 5.82 Å². The van der Waals surface area contributed by atoms with Gasteiger partial charge in [-0.2, -0.15) is 0 Å². The van der Waals surface area contributed by atoms with E-state index in [1.54, 1.807) is 12.1 Å². The number of pyridine rings is 1. The van der Waals surface area contributed by atoms with E-state index in [1.807, 2.05) is 0 Å². The molecule has 1 saturated heterocycles. The van der Waals surface area contributed by atoms with Gasteiger partial charge in [0.1, 0.15) is 17.1 Å². The number of carbonyl (C=O) groups is 2. The lowest BCUT2D eigenvalue weighted by atomic mass is 9.93. The quantitative estimate of drug-likeness (QED) is 0.639. The van der Waals surface area contributed by atoms with Crippen molar-refractivity contribution < 1.29 is 23.5 Å². The number of fused-ring (bicyclic) bond motifs is 1. The van der Waals surface area contributed by atoms with E-state index in [-0.39, 0.29) is 30.3 Å². The number of benzene rings is 1. The minimum Gasteiger partial charge on any atom is -0.430 e. The Hall–Kier alpha value is -3.46. The number of amides is 3. The molecule has 144 valence electrons. The van der Waals surface area contributed by atoms with Crippen molar-refractivity contribution in [1.29, 1.82) is 0 Å². The summed E-state index contributed by atoms with van der Waals surface area (Å²) in [6, 6.07) is 8.29. The molecule has 3 heterocycles. The molecule has 0 saturated carbocycles. The van der Waals surface area contributed by atoms with E-state index in [0.717, 1.165) is 0 Å². The van der Waals surface area contributed by atoms with Crippen molar-refractivity contribution in [2.45, 2.75) is 12.0 Å². The lowest BCUT2D eigenvalue weighted by molar-refractivity contribution is 0.0500. The largest absolute Gasteiger partial charge is 0.430 e. The molecule has 1 fully saturated rings. The zero-order valence-electron chi connectivity index (χ0n) is 14.7. The minimum atomic E-state index is -1.28. The van der Waals surface area contributed by atoms with E-state index in [0.29, 0.717) is 17.4 Å². The molecular weight excluding hydrogens is 367 g/mol. The van der Waals surface area contributed by atoms with Crippen molar-refractivity contribution in [2.75, 3.05) is 18.4 Å². The van der Waals surface area contributed by atoms with Gasteiger partial charge in [-0.3, -0.25) is 4.79 Å². The zero-order valence-corrected chi connectivity index (χ0v) is 14.7. The fraction of sp³-hybridized carbons (Fsp3) is 0.211. The molecule has 1 aliphatic heterocycles. The van der Waals surface area contributed by atoms with E-state index < -0.39 is 23.4 Å². The highest BCUT2D eigenvalue weighted by Crippen LogP contribution is 2.34. The second-order valence-corrected chi connectivity index (χ2v) is 6.67. The molecule has 3 amide bonds. The lowest BCUT2D eigenvalue weighted by Gasteiger charge is -2.24. The summed E-state index contributed by atoms with van der Waals surface area (Å²) in [7, 11) is 0. The highest BCUT2D eigenvalue weighted by Gasteiger charge is 2.40. The van der Waals surface area contributed by atoms with Gasteiger partial charge >= 0.3 is 6.03 Å². The van der Waals surface area contributed by atoms with Gasteiger partial charge in [-0.15, -0.1) is 0 Å². The fourth-order valence-corrected chi connectivity index (χ4v) is 3.38. The number of carbonyl (C=O) groups excluding carboxylic acids is 2. The number of furan rings is 1. The molecule has 0 radical (unpaired) electrons. The molecule has 0 spiro atoms. The van der Waals surface area contributed by atoms with Crippen molar-refractivity contribution in [3.63, 3.8) is 0 Å². The number of rotatable bonds is 3. The van der Waals surface area contributed by atoms with Crippen LogP contribution in [-0.2, 0) is 5.60 Å². The number of nitrogens with zero attached hydrogens (tertiary/aromatic N) is 2. The molecule has 1 atom stereocenters. The summed E-state index contributed by atoms with van der Waals surface area (Å²) < 4.78 is 18.5. The maximum absolute atomic E-state index is 13.1. The number of hydrogen-bond acceptors (Lipinski definition) is 5. The summed E-state index contributed by atoms with van der Waals surface area (Å²) in [6.07, 6.45) is 1.79. The van der Waals surface area contributed by atoms with Gasteiger partial charge in [0, 0.05) is 12.7 Å². The number of aromatic nitrogens is 1. The van der Waals surface area contributed by atoms with Gasteiger partial charge in [-0.25, -0.2) is 14.2 Å². The smallest absolute Gasteiger partial charge is 0.322 e. The molecule has 2 aromatic heterocycles. The van der Waals surface area contributed by atoms with Gasteiger partial charge in [-0.05, 0) is 36.2 Å². The number of urea groups is 1. The number of halogens is 1. The first-order valence-electron chi connectivity index (χ1n) is 8.59. The van der Waals surface area contributed by atoms with E-state index in [2.05, 4.69) is 10.3 Å². The van der Waals surface area contributed by atoms with Gasteiger partial charge in [0.2, 0.25) is 11.5 Å². The molecule has 9 heteroatoms. The Morgan fingerprint density at radius 2 is 2.04 bits per heavy atom. The summed E-state index contributed by atoms with van der Waals surface area (Å²) in [6.45, 7) is 0.296. The highest BCUT2D eigenvalue weighted by atomic mass is 19.1. The number of nitrogens with one attached hydrogen (secondary N) is 1. The molecule has 1 aromatic carbocycles. The van der Waals surface area contributed by atoms with Crippen LogP contribution in [0.1, 0.15) is 22.5 Å². The predicted molar refractivity (Wildman–Crippen MR) is 98.0 cm³/mol. The van der Waals surface area contributed by atoms with E-state index in [9.17, 15) is 19.1 Å². The number of β-amino-alcohol motifs (C(OH)–C–C–N with tert-alkyl or cyclic N) is 1. The van der Waals surface area contributed by atoms with E-state index >= 15 is 0 Å². The Labute approximate surface area is 158 Å². The fourth-order valence-electron chi connectivity index (χ4n) is 3.38. The number of hydrogen-bond donors (Lipinski definition) is 3. The molecule has 28 heavy (non-hydrogen) atoms. The van der Waals surface area contributed by atoms with Crippen molar-refractivity contribution in [2.24, 2.45) is 5.73 Å². The molecule has 1 unspecified atom stereocenters. The number of likely N-dealkylation sites (tertiary alicyclic amines) is 1. The number of nitrogens with two attached hydrogens (primary N) is 1. The summed E-state index contributed by atoms with van der Waals surface area (Å²) >= 11 is 0. The standard InChI is InChI=1S/C19H17FN4O4/c20-12-5-3-11(4-6-12)19(27)7-9-24(10-19)18(26)23-14-13-2-1-8-22-17(13)28-15(14)16(21)25/h1-6,8,27H,7,9-10H2,(H2,21,25)(H,23,26). The molecule has 4 rings (SSSR count). The Morgan fingerprint density at radius 1 is 1.29 bits per heavy atom. The van der Waals surface area contributed by atoms with Crippen molar-refractivity contribution in [3.05, 3.63) is 59.7 Å². The zero-order chi connectivity index (χ0) is 19.9. The first-order chi connectivity index (χ1) is 13.4. The Balaban J connectivity index is 1.57. The van der Waals surface area contributed by atoms with Crippen LogP contribution in [0.3, 0.4) is 0 Å². The maximum Gasteiger partial charge on any atom is 0.322 e. The number of anilines is 1. The molecular formula is C19H17FN4O4. The normalized spacial score (nSPS) is 19.1. The molecule has 4 N–H and O–H groups in total. The van der Waals surface area contributed by atoms with Crippen LogP contribution in [0.2, 0.25) is 0 Å². The highest BCUT2D eigenvalue weighted by molar-refractivity contribution is 6.09. The number of primary amides is 1.